The van der Waals surface area contributed by atoms with Gasteiger partial charge < -0.3 is 9.30 Å². The largest absolute Gasteiger partial charge is 0.468 e. The maximum atomic E-state index is 12.3. The Hall–Kier alpha value is -1.84. The molecule has 1 aliphatic carbocycles. The van der Waals surface area contributed by atoms with Crippen LogP contribution in [0.5, 0.6) is 0 Å². The smallest absolute Gasteiger partial charge is 0.316 e. The van der Waals surface area contributed by atoms with E-state index in [1.165, 1.54) is 25.5 Å². The van der Waals surface area contributed by atoms with E-state index in [-0.39, 0.29) is 11.9 Å². The van der Waals surface area contributed by atoms with E-state index in [1.54, 1.807) is 0 Å². The number of carbonyl (C=O) groups is 1. The second-order valence-electron chi connectivity index (χ2n) is 6.07. The lowest BCUT2D eigenvalue weighted by molar-refractivity contribution is -0.144. The van der Waals surface area contributed by atoms with Crippen LogP contribution < -0.4 is 0 Å². The highest BCUT2D eigenvalue weighted by Gasteiger charge is 2.36. The van der Waals surface area contributed by atoms with E-state index >= 15 is 0 Å². The molecule has 0 bridgehead atoms. The van der Waals surface area contributed by atoms with E-state index in [2.05, 4.69) is 29.7 Å². The second-order valence-corrected chi connectivity index (χ2v) is 6.07. The van der Waals surface area contributed by atoms with Gasteiger partial charge in [-0.1, -0.05) is 18.9 Å². The Labute approximate surface area is 125 Å². The van der Waals surface area contributed by atoms with E-state index < -0.39 is 0 Å². The van der Waals surface area contributed by atoms with Crippen molar-refractivity contribution in [3.05, 3.63) is 29.6 Å². The van der Waals surface area contributed by atoms with E-state index in [9.17, 15) is 4.79 Å². The number of hydrogen-bond donors (Lipinski definition) is 0. The van der Waals surface area contributed by atoms with Crippen LogP contribution in [0.1, 0.15) is 43.0 Å². The zero-order valence-electron chi connectivity index (χ0n) is 12.9. The van der Waals surface area contributed by atoms with Crippen LogP contribution in [-0.4, -0.2) is 22.6 Å². The molecule has 1 unspecified atom stereocenters. The molecule has 4 heteroatoms. The van der Waals surface area contributed by atoms with Crippen LogP contribution in [0.15, 0.2) is 18.2 Å². The molecule has 112 valence electrons. The Morgan fingerprint density at radius 3 is 2.76 bits per heavy atom. The van der Waals surface area contributed by atoms with E-state index in [1.807, 2.05) is 7.05 Å². The van der Waals surface area contributed by atoms with Crippen LogP contribution in [0.25, 0.3) is 11.0 Å². The maximum absolute atomic E-state index is 12.3. The number of esters is 1. The van der Waals surface area contributed by atoms with Gasteiger partial charge in [0.2, 0.25) is 0 Å². The summed E-state index contributed by atoms with van der Waals surface area (Å²) < 4.78 is 7.11. The third-order valence-electron chi connectivity index (χ3n) is 4.68. The molecule has 0 radical (unpaired) electrons. The zero-order valence-corrected chi connectivity index (χ0v) is 12.9. The van der Waals surface area contributed by atoms with E-state index in [0.29, 0.717) is 5.92 Å². The van der Waals surface area contributed by atoms with Gasteiger partial charge in [0.05, 0.1) is 18.1 Å². The highest BCUT2D eigenvalue weighted by atomic mass is 16.5. The van der Waals surface area contributed by atoms with Gasteiger partial charge in [-0.15, -0.1) is 0 Å². The first-order chi connectivity index (χ1) is 10.1. The number of aryl methyl sites for hydroxylation is 2. The monoisotopic (exact) mass is 286 g/mol. The lowest BCUT2D eigenvalue weighted by Crippen LogP contribution is -2.24. The Morgan fingerprint density at radius 2 is 2.10 bits per heavy atom. The molecule has 1 aromatic carbocycles. The average molecular weight is 286 g/mol. The van der Waals surface area contributed by atoms with Gasteiger partial charge in [0.25, 0.3) is 0 Å². The first-order valence-corrected chi connectivity index (χ1v) is 7.62. The molecule has 1 fully saturated rings. The number of imidazole rings is 1. The maximum Gasteiger partial charge on any atom is 0.316 e. The molecular formula is C17H22N2O2. The van der Waals surface area contributed by atoms with Crippen LogP contribution in [-0.2, 0) is 16.6 Å². The number of methoxy groups -OCH3 is 1. The number of hydrogen-bond acceptors (Lipinski definition) is 3. The predicted octanol–water partition coefficient (Wildman–Crippen LogP) is 3.33. The Bertz CT molecular complexity index is 669. The standard InChI is InChI=1S/C17H22N2O2/c1-11-8-9-14-13(10-11)18-16(19(14)2)15(17(20)21-3)12-6-4-5-7-12/h8-10,12,15H,4-7H2,1-3H3. The number of aromatic nitrogens is 2. The molecule has 0 N–H and O–H groups in total. The molecule has 0 aliphatic heterocycles. The highest BCUT2D eigenvalue weighted by molar-refractivity contribution is 5.82. The molecule has 0 spiro atoms. The summed E-state index contributed by atoms with van der Waals surface area (Å²) in [6.45, 7) is 2.06. The van der Waals surface area contributed by atoms with Gasteiger partial charge in [0, 0.05) is 7.05 Å². The topological polar surface area (TPSA) is 44.1 Å². The van der Waals surface area contributed by atoms with Crippen molar-refractivity contribution in [2.75, 3.05) is 7.11 Å². The summed E-state index contributed by atoms with van der Waals surface area (Å²) in [5.41, 5.74) is 3.21. The molecular weight excluding hydrogens is 264 g/mol. The third-order valence-corrected chi connectivity index (χ3v) is 4.68. The average Bonchev–Trinajstić information content (AvgIpc) is 3.09. The fraction of sp³-hybridized carbons (Fsp3) is 0.529. The molecule has 3 rings (SSSR count). The zero-order chi connectivity index (χ0) is 15.0. The van der Waals surface area contributed by atoms with Gasteiger partial charge in [-0.25, -0.2) is 4.98 Å². The van der Waals surface area contributed by atoms with E-state index in [4.69, 9.17) is 9.72 Å². The summed E-state index contributed by atoms with van der Waals surface area (Å²) in [5.74, 6) is 0.802. The Morgan fingerprint density at radius 1 is 1.38 bits per heavy atom. The van der Waals surface area contributed by atoms with Gasteiger partial charge in [-0.2, -0.15) is 0 Å². The molecule has 1 atom stereocenters. The normalized spacial score (nSPS) is 17.3. The van der Waals surface area contributed by atoms with Crippen LogP contribution in [0, 0.1) is 12.8 Å². The van der Waals surface area contributed by atoms with Gasteiger partial charge in [-0.3, -0.25) is 4.79 Å². The molecule has 1 aliphatic rings. The van der Waals surface area contributed by atoms with Crippen molar-refractivity contribution in [3.63, 3.8) is 0 Å². The van der Waals surface area contributed by atoms with Crippen molar-refractivity contribution >= 4 is 17.0 Å². The number of fused-ring (bicyclic) bond motifs is 1. The minimum atomic E-state index is -0.241. The van der Waals surface area contributed by atoms with Crippen molar-refractivity contribution < 1.29 is 9.53 Å². The summed E-state index contributed by atoms with van der Waals surface area (Å²) in [4.78, 5) is 17.1. The van der Waals surface area contributed by atoms with E-state index in [0.717, 1.165) is 29.7 Å². The highest BCUT2D eigenvalue weighted by Crippen LogP contribution is 2.38. The lowest BCUT2D eigenvalue weighted by atomic mass is 9.90. The van der Waals surface area contributed by atoms with Crippen LogP contribution >= 0.6 is 0 Å². The van der Waals surface area contributed by atoms with Crippen LogP contribution in [0.3, 0.4) is 0 Å². The molecule has 1 heterocycles. The molecule has 21 heavy (non-hydrogen) atoms. The van der Waals surface area contributed by atoms with Gasteiger partial charge in [-0.05, 0) is 43.4 Å². The molecule has 1 saturated carbocycles. The summed E-state index contributed by atoms with van der Waals surface area (Å²) in [6.07, 6.45) is 4.56. The van der Waals surface area contributed by atoms with Gasteiger partial charge in [0.15, 0.2) is 0 Å². The fourth-order valence-corrected chi connectivity index (χ4v) is 3.53. The van der Waals surface area contributed by atoms with Crippen molar-refractivity contribution in [2.24, 2.45) is 13.0 Å². The van der Waals surface area contributed by atoms with Crippen molar-refractivity contribution in [1.82, 2.24) is 9.55 Å². The predicted molar refractivity (Wildman–Crippen MR) is 82.2 cm³/mol. The van der Waals surface area contributed by atoms with Gasteiger partial charge in [0.1, 0.15) is 11.7 Å². The Kier molecular flexibility index (Phi) is 3.70. The molecule has 4 nitrogen and oxygen atoms in total. The Balaban J connectivity index is 2.10. The minimum absolute atomic E-state index is 0.156. The quantitative estimate of drug-likeness (QED) is 0.813. The number of benzene rings is 1. The minimum Gasteiger partial charge on any atom is -0.468 e. The SMILES string of the molecule is COC(=O)C(c1nc2cc(C)ccc2n1C)C1CCCC1. The molecule has 0 saturated heterocycles. The van der Waals surface area contributed by atoms with Crippen molar-refractivity contribution in [2.45, 2.75) is 38.5 Å². The summed E-state index contributed by atoms with van der Waals surface area (Å²) >= 11 is 0. The third kappa shape index (κ3) is 2.43. The first-order valence-electron chi connectivity index (χ1n) is 7.62. The van der Waals surface area contributed by atoms with Gasteiger partial charge >= 0.3 is 5.97 Å². The first kappa shape index (κ1) is 14.1. The lowest BCUT2D eigenvalue weighted by Gasteiger charge is -2.20. The van der Waals surface area contributed by atoms with Crippen molar-refractivity contribution in [1.29, 1.82) is 0 Å². The van der Waals surface area contributed by atoms with Crippen LogP contribution in [0.4, 0.5) is 0 Å². The number of rotatable bonds is 3. The molecule has 0 amide bonds. The number of ether oxygens (including phenoxy) is 1. The summed E-state index contributed by atoms with van der Waals surface area (Å²) in [6, 6.07) is 6.22. The second kappa shape index (κ2) is 5.51. The number of carbonyl (C=O) groups excluding carboxylic acids is 1. The molecule has 1 aromatic heterocycles. The molecule has 2 aromatic rings. The number of nitrogens with zero attached hydrogens (tertiary/aromatic N) is 2. The summed E-state index contributed by atoms with van der Waals surface area (Å²) in [5, 5.41) is 0. The van der Waals surface area contributed by atoms with Crippen LogP contribution in [0.2, 0.25) is 0 Å². The summed E-state index contributed by atoms with van der Waals surface area (Å²) in [7, 11) is 3.46. The fourth-order valence-electron chi connectivity index (χ4n) is 3.53. The van der Waals surface area contributed by atoms with Crippen molar-refractivity contribution in [3.8, 4) is 0 Å².